The highest BCUT2D eigenvalue weighted by molar-refractivity contribution is 8.00. The van der Waals surface area contributed by atoms with E-state index in [1.807, 2.05) is 12.7 Å². The first-order chi connectivity index (χ1) is 11.3. The average molecular weight is 328 g/mol. The molecule has 1 fully saturated rings. The Labute approximate surface area is 137 Å². The zero-order chi connectivity index (χ0) is 15.6. The van der Waals surface area contributed by atoms with Crippen molar-refractivity contribution < 1.29 is 9.13 Å². The van der Waals surface area contributed by atoms with E-state index in [4.69, 9.17) is 4.74 Å². The molecule has 6 heteroatoms. The standard InChI is InChI=1S/C17H15FN3OS/c18-12-1-4-14(5-2-12)23-17-10-22-8-7-21(17)13-3-6-15-16(9-13)20-11-19-15/h1-6,8-9,11,17H,7,10H2,(H,19,20). The summed E-state index contributed by atoms with van der Waals surface area (Å²) < 4.78 is 18.6. The van der Waals surface area contributed by atoms with E-state index in [0.29, 0.717) is 13.2 Å². The summed E-state index contributed by atoms with van der Waals surface area (Å²) in [6.07, 6.45) is 1.70. The lowest BCUT2D eigenvalue weighted by atomic mass is 10.2. The van der Waals surface area contributed by atoms with Crippen LogP contribution in [-0.4, -0.2) is 28.5 Å². The van der Waals surface area contributed by atoms with E-state index in [1.165, 1.54) is 12.1 Å². The molecular formula is C17H15FN3OS. The SMILES string of the molecule is Fc1ccc(SC2CO[CH]CN2c2ccc3[nH]cnc3c2)cc1. The number of H-pyrrole nitrogens is 1. The topological polar surface area (TPSA) is 41.1 Å². The van der Waals surface area contributed by atoms with Gasteiger partial charge in [-0.1, -0.05) is 11.8 Å². The maximum Gasteiger partial charge on any atom is 0.123 e. The Balaban J connectivity index is 1.60. The van der Waals surface area contributed by atoms with Crippen molar-refractivity contribution in [3.63, 3.8) is 0 Å². The lowest BCUT2D eigenvalue weighted by Gasteiger charge is -2.36. The molecule has 2 heterocycles. The summed E-state index contributed by atoms with van der Waals surface area (Å²) in [5, 5.41) is 0.127. The number of fused-ring (bicyclic) bond motifs is 1. The lowest BCUT2D eigenvalue weighted by Crippen LogP contribution is -2.41. The van der Waals surface area contributed by atoms with Gasteiger partial charge < -0.3 is 14.6 Å². The van der Waals surface area contributed by atoms with E-state index >= 15 is 0 Å². The van der Waals surface area contributed by atoms with Crippen molar-refractivity contribution in [3.8, 4) is 0 Å². The maximum atomic E-state index is 13.1. The Morgan fingerprint density at radius 3 is 2.96 bits per heavy atom. The van der Waals surface area contributed by atoms with Crippen LogP contribution in [0.25, 0.3) is 11.0 Å². The summed E-state index contributed by atoms with van der Waals surface area (Å²) in [5.41, 5.74) is 3.07. The maximum absolute atomic E-state index is 13.1. The van der Waals surface area contributed by atoms with Crippen LogP contribution in [0.1, 0.15) is 0 Å². The highest BCUT2D eigenvalue weighted by atomic mass is 32.2. The Hall–Kier alpha value is -2.05. The van der Waals surface area contributed by atoms with E-state index in [-0.39, 0.29) is 11.2 Å². The lowest BCUT2D eigenvalue weighted by molar-refractivity contribution is 0.172. The fourth-order valence-electron chi connectivity index (χ4n) is 2.63. The molecule has 0 saturated carbocycles. The van der Waals surface area contributed by atoms with Gasteiger partial charge in [-0.05, 0) is 42.5 Å². The van der Waals surface area contributed by atoms with Gasteiger partial charge in [-0.3, -0.25) is 0 Å². The van der Waals surface area contributed by atoms with Crippen LogP contribution in [0.4, 0.5) is 10.1 Å². The van der Waals surface area contributed by atoms with Crippen molar-refractivity contribution in [2.24, 2.45) is 0 Å². The fourth-order valence-corrected chi connectivity index (χ4v) is 3.72. The Morgan fingerprint density at radius 1 is 1.22 bits per heavy atom. The molecule has 0 bridgehead atoms. The molecule has 1 unspecified atom stereocenters. The third-order valence-corrected chi connectivity index (χ3v) is 5.00. The number of imidazole rings is 1. The molecule has 0 amide bonds. The van der Waals surface area contributed by atoms with Crippen molar-refractivity contribution in [3.05, 3.63) is 61.2 Å². The van der Waals surface area contributed by atoms with Gasteiger partial charge in [-0.2, -0.15) is 0 Å². The molecular weight excluding hydrogens is 313 g/mol. The number of hydrogen-bond acceptors (Lipinski definition) is 4. The summed E-state index contributed by atoms with van der Waals surface area (Å²) in [7, 11) is 0. The predicted molar refractivity (Wildman–Crippen MR) is 89.7 cm³/mol. The smallest absolute Gasteiger partial charge is 0.123 e. The molecule has 1 aromatic heterocycles. The number of thioether (sulfide) groups is 1. The van der Waals surface area contributed by atoms with Crippen molar-refractivity contribution in [1.82, 2.24) is 9.97 Å². The van der Waals surface area contributed by atoms with Crippen LogP contribution in [0, 0.1) is 12.4 Å². The van der Waals surface area contributed by atoms with Crippen molar-refractivity contribution in [1.29, 1.82) is 0 Å². The van der Waals surface area contributed by atoms with Gasteiger partial charge in [0.2, 0.25) is 0 Å². The number of ether oxygens (including phenoxy) is 1. The molecule has 1 aliphatic heterocycles. The monoisotopic (exact) mass is 328 g/mol. The normalized spacial score (nSPS) is 18.5. The quantitative estimate of drug-likeness (QED) is 0.793. The van der Waals surface area contributed by atoms with Crippen molar-refractivity contribution in [2.75, 3.05) is 18.1 Å². The number of rotatable bonds is 3. The second-order valence-electron chi connectivity index (χ2n) is 5.28. The first kappa shape index (κ1) is 14.5. The van der Waals surface area contributed by atoms with Gasteiger partial charge in [0.15, 0.2) is 0 Å². The summed E-state index contributed by atoms with van der Waals surface area (Å²) in [4.78, 5) is 10.7. The molecule has 4 rings (SSSR count). The van der Waals surface area contributed by atoms with Crippen LogP contribution in [0.2, 0.25) is 0 Å². The number of benzene rings is 2. The van der Waals surface area contributed by atoms with Gasteiger partial charge in [0.1, 0.15) is 17.8 Å². The molecule has 1 atom stereocenters. The third-order valence-electron chi connectivity index (χ3n) is 3.80. The van der Waals surface area contributed by atoms with E-state index in [1.54, 1.807) is 30.2 Å². The van der Waals surface area contributed by atoms with Gasteiger partial charge in [-0.25, -0.2) is 9.37 Å². The van der Waals surface area contributed by atoms with Crippen molar-refractivity contribution in [2.45, 2.75) is 10.3 Å². The molecule has 3 aromatic rings. The molecule has 1 saturated heterocycles. The second kappa shape index (κ2) is 6.22. The van der Waals surface area contributed by atoms with Gasteiger partial charge in [0, 0.05) is 17.1 Å². The van der Waals surface area contributed by atoms with Crippen LogP contribution in [0.5, 0.6) is 0 Å². The summed E-state index contributed by atoms with van der Waals surface area (Å²) in [6.45, 7) is 3.10. The Kier molecular flexibility index (Phi) is 3.93. The van der Waals surface area contributed by atoms with Crippen LogP contribution in [-0.2, 0) is 4.74 Å². The number of nitrogens with one attached hydrogen (secondary N) is 1. The minimum Gasteiger partial charge on any atom is -0.371 e. The molecule has 1 aliphatic rings. The summed E-state index contributed by atoms with van der Waals surface area (Å²) in [6, 6.07) is 12.8. The van der Waals surface area contributed by atoms with Crippen LogP contribution in [0.15, 0.2) is 53.7 Å². The summed E-state index contributed by atoms with van der Waals surface area (Å²) >= 11 is 1.67. The predicted octanol–water partition coefficient (Wildman–Crippen LogP) is 3.82. The highest BCUT2D eigenvalue weighted by Crippen LogP contribution is 2.33. The minimum atomic E-state index is -0.219. The van der Waals surface area contributed by atoms with Gasteiger partial charge in [0.25, 0.3) is 0 Å². The molecule has 0 spiro atoms. The average Bonchev–Trinajstić information content (AvgIpc) is 3.05. The van der Waals surface area contributed by atoms with E-state index in [2.05, 4.69) is 27.0 Å². The highest BCUT2D eigenvalue weighted by Gasteiger charge is 2.25. The van der Waals surface area contributed by atoms with E-state index in [0.717, 1.165) is 21.6 Å². The van der Waals surface area contributed by atoms with Gasteiger partial charge in [0.05, 0.1) is 24.0 Å². The van der Waals surface area contributed by atoms with Crippen molar-refractivity contribution >= 4 is 28.5 Å². The number of morpholine rings is 1. The number of aromatic nitrogens is 2. The van der Waals surface area contributed by atoms with Crippen LogP contribution >= 0.6 is 11.8 Å². The number of nitrogens with zero attached hydrogens (tertiary/aromatic N) is 2. The van der Waals surface area contributed by atoms with Crippen LogP contribution in [0.3, 0.4) is 0 Å². The summed E-state index contributed by atoms with van der Waals surface area (Å²) in [5.74, 6) is -0.219. The molecule has 4 nitrogen and oxygen atoms in total. The molecule has 0 aliphatic carbocycles. The fraction of sp³-hybridized carbons (Fsp3) is 0.176. The van der Waals surface area contributed by atoms with Gasteiger partial charge in [-0.15, -0.1) is 0 Å². The minimum absolute atomic E-state index is 0.127. The molecule has 23 heavy (non-hydrogen) atoms. The number of hydrogen-bond donors (Lipinski definition) is 1. The number of halogens is 1. The zero-order valence-electron chi connectivity index (χ0n) is 12.3. The van der Waals surface area contributed by atoms with Crippen LogP contribution < -0.4 is 4.90 Å². The Bertz CT molecular complexity index is 805. The number of anilines is 1. The first-order valence-corrected chi connectivity index (χ1v) is 8.23. The molecule has 1 N–H and O–H groups in total. The molecule has 117 valence electrons. The van der Waals surface area contributed by atoms with E-state index < -0.39 is 0 Å². The zero-order valence-corrected chi connectivity index (χ0v) is 13.1. The second-order valence-corrected chi connectivity index (χ2v) is 6.53. The molecule has 1 radical (unpaired) electrons. The molecule has 2 aromatic carbocycles. The Morgan fingerprint density at radius 2 is 2.09 bits per heavy atom. The number of aromatic amines is 1. The first-order valence-electron chi connectivity index (χ1n) is 7.35. The van der Waals surface area contributed by atoms with E-state index in [9.17, 15) is 4.39 Å². The largest absolute Gasteiger partial charge is 0.371 e. The van der Waals surface area contributed by atoms with Gasteiger partial charge >= 0.3 is 0 Å². The third kappa shape index (κ3) is 3.04.